The van der Waals surface area contributed by atoms with E-state index in [1.54, 1.807) is 0 Å². The highest BCUT2D eigenvalue weighted by molar-refractivity contribution is 7.23. The van der Waals surface area contributed by atoms with Crippen LogP contribution in [-0.4, -0.2) is 83.1 Å². The number of aliphatic hydroxyl groups is 1. The fourth-order valence-corrected chi connectivity index (χ4v) is 8.52. The Morgan fingerprint density at radius 2 is 2.02 bits per heavy atom. The van der Waals surface area contributed by atoms with Crippen molar-refractivity contribution >= 4 is 60.4 Å². The first kappa shape index (κ1) is 32.2. The molecule has 3 aliphatic heterocycles. The lowest BCUT2D eigenvalue weighted by Crippen LogP contribution is -2.47. The Hall–Kier alpha value is -3.40. The molecular formula is C31H32ClF5N6O3S. The number of rotatable bonds is 8. The van der Waals surface area contributed by atoms with Gasteiger partial charge < -0.3 is 30.9 Å². The van der Waals surface area contributed by atoms with Crippen molar-refractivity contribution in [3.8, 4) is 22.9 Å². The fraction of sp³-hybridized carbons (Fsp3) is 0.484. The zero-order valence-corrected chi connectivity index (χ0v) is 26.8. The quantitative estimate of drug-likeness (QED) is 0.186. The smallest absolute Gasteiger partial charge is 0.319 e. The van der Waals surface area contributed by atoms with Crippen LogP contribution in [0, 0.1) is 11.6 Å². The first-order chi connectivity index (χ1) is 22.4. The van der Waals surface area contributed by atoms with Crippen molar-refractivity contribution < 1.29 is 36.5 Å². The molecule has 47 heavy (non-hydrogen) atoms. The van der Waals surface area contributed by atoms with E-state index < -0.39 is 48.3 Å². The van der Waals surface area contributed by atoms with E-state index in [1.807, 2.05) is 4.90 Å². The molecule has 7 rings (SSSR count). The molecule has 4 aromatic rings. The Morgan fingerprint density at radius 1 is 1.23 bits per heavy atom. The van der Waals surface area contributed by atoms with Crippen molar-refractivity contribution in [1.82, 2.24) is 14.9 Å². The summed E-state index contributed by atoms with van der Waals surface area (Å²) in [7, 11) is 0. The van der Waals surface area contributed by atoms with Gasteiger partial charge in [0.15, 0.2) is 11.6 Å². The standard InChI is InChI=1S/C31H32ClF5N6O3S/c1-13(44)17-11-45-26-21-25(23(37)19(22(26)32)15-3-4-16(34)27-20(15)24(38)28(39)47-27)40-30(41-29(21)43(17)8-5-18(35)36)46-12-31-6-2-7-42(31)10-14(33)9-31/h3-4,13-14,17-18,44H,2,5-12,38-39H2,1H3/t13-,14-,17-,31+/m1/s1. The average molecular weight is 699 g/mol. The Morgan fingerprint density at radius 3 is 2.77 bits per heavy atom. The lowest BCUT2D eigenvalue weighted by molar-refractivity contribution is 0.107. The topological polar surface area (TPSA) is 123 Å². The van der Waals surface area contributed by atoms with Crippen LogP contribution >= 0.6 is 22.9 Å². The minimum absolute atomic E-state index is 0.0116. The lowest BCUT2D eigenvalue weighted by Gasteiger charge is -2.33. The van der Waals surface area contributed by atoms with Crippen molar-refractivity contribution in [2.24, 2.45) is 0 Å². The van der Waals surface area contributed by atoms with Gasteiger partial charge in [0.2, 0.25) is 6.43 Å². The highest BCUT2D eigenvalue weighted by atomic mass is 35.5. The molecule has 0 radical (unpaired) electrons. The van der Waals surface area contributed by atoms with Crippen LogP contribution in [0.4, 0.5) is 38.5 Å². The fourth-order valence-electron chi connectivity index (χ4n) is 7.27. The van der Waals surface area contributed by atoms with Crippen molar-refractivity contribution in [2.75, 3.05) is 49.2 Å². The number of thiophene rings is 1. The Bertz CT molecular complexity index is 1880. The zero-order valence-electron chi connectivity index (χ0n) is 25.2. The maximum Gasteiger partial charge on any atom is 0.319 e. The summed E-state index contributed by atoms with van der Waals surface area (Å²) >= 11 is 7.82. The number of aromatic nitrogens is 2. The van der Waals surface area contributed by atoms with Crippen LogP contribution < -0.4 is 25.8 Å². The molecule has 16 heteroatoms. The summed E-state index contributed by atoms with van der Waals surface area (Å²) in [5.74, 6) is -1.63. The van der Waals surface area contributed by atoms with Gasteiger partial charge in [0.25, 0.3) is 0 Å². The van der Waals surface area contributed by atoms with Crippen LogP contribution in [0.1, 0.15) is 32.6 Å². The van der Waals surface area contributed by atoms with Crippen molar-refractivity contribution in [3.05, 3.63) is 28.8 Å². The van der Waals surface area contributed by atoms with Crippen molar-refractivity contribution in [2.45, 2.75) is 62.9 Å². The van der Waals surface area contributed by atoms with Crippen LogP contribution in [0.3, 0.4) is 0 Å². The van der Waals surface area contributed by atoms with E-state index in [4.69, 9.17) is 32.5 Å². The van der Waals surface area contributed by atoms with Crippen molar-refractivity contribution in [3.63, 3.8) is 0 Å². The van der Waals surface area contributed by atoms with Crippen LogP contribution in [0.5, 0.6) is 11.8 Å². The molecule has 4 atom stereocenters. The molecule has 0 bridgehead atoms. The van der Waals surface area contributed by atoms with Gasteiger partial charge in [-0.1, -0.05) is 17.7 Å². The minimum atomic E-state index is -2.68. The maximum atomic E-state index is 17.0. The van der Waals surface area contributed by atoms with E-state index in [1.165, 1.54) is 17.9 Å². The lowest BCUT2D eigenvalue weighted by atomic mass is 9.95. The highest BCUT2D eigenvalue weighted by Crippen LogP contribution is 2.52. The summed E-state index contributed by atoms with van der Waals surface area (Å²) in [5, 5.41) is 10.8. The largest absolute Gasteiger partial charge is 0.489 e. The predicted octanol–water partition coefficient (Wildman–Crippen LogP) is 6.17. The van der Waals surface area contributed by atoms with Crippen LogP contribution in [0.15, 0.2) is 12.1 Å². The number of alkyl halides is 3. The van der Waals surface area contributed by atoms with Gasteiger partial charge in [-0.25, -0.2) is 22.0 Å². The molecule has 9 nitrogen and oxygen atoms in total. The normalized spacial score (nSPS) is 23.5. The van der Waals surface area contributed by atoms with E-state index in [2.05, 4.69) is 9.97 Å². The van der Waals surface area contributed by atoms with E-state index in [9.17, 15) is 22.7 Å². The van der Waals surface area contributed by atoms with Gasteiger partial charge in [-0.05, 0) is 37.9 Å². The minimum Gasteiger partial charge on any atom is -0.489 e. The number of nitrogens with two attached hydrogens (primary N) is 2. The third-order valence-corrected chi connectivity index (χ3v) is 10.9. The van der Waals surface area contributed by atoms with Gasteiger partial charge in [-0.15, -0.1) is 11.3 Å². The molecule has 0 unspecified atom stereocenters. The highest BCUT2D eigenvalue weighted by Gasteiger charge is 2.49. The summed E-state index contributed by atoms with van der Waals surface area (Å²) in [4.78, 5) is 12.5. The maximum absolute atomic E-state index is 17.0. The molecule has 0 spiro atoms. The molecule has 0 amide bonds. The van der Waals surface area contributed by atoms with Gasteiger partial charge in [0, 0.05) is 36.9 Å². The molecule has 5 heterocycles. The number of hydrogen-bond acceptors (Lipinski definition) is 10. The predicted molar refractivity (Wildman–Crippen MR) is 172 cm³/mol. The number of halogens is 6. The number of hydrogen-bond donors (Lipinski definition) is 3. The average Bonchev–Trinajstić information content (AvgIpc) is 3.60. The number of aliphatic hydroxyl groups excluding tert-OH is 1. The van der Waals surface area contributed by atoms with Crippen LogP contribution in [0.25, 0.3) is 32.1 Å². The molecule has 2 fully saturated rings. The molecule has 2 saturated heterocycles. The van der Waals surface area contributed by atoms with E-state index in [0.717, 1.165) is 23.8 Å². The molecule has 3 aliphatic rings. The van der Waals surface area contributed by atoms with Gasteiger partial charge >= 0.3 is 6.01 Å². The Kier molecular flexibility index (Phi) is 8.17. The van der Waals surface area contributed by atoms with Gasteiger partial charge in [-0.3, -0.25) is 4.90 Å². The first-order valence-electron chi connectivity index (χ1n) is 15.3. The third kappa shape index (κ3) is 5.25. The summed E-state index contributed by atoms with van der Waals surface area (Å²) in [6, 6.07) is 1.30. The van der Waals surface area contributed by atoms with E-state index in [-0.39, 0.29) is 98.1 Å². The van der Waals surface area contributed by atoms with Crippen molar-refractivity contribution in [1.29, 1.82) is 0 Å². The number of nitrogen functional groups attached to an aromatic ring is 2. The van der Waals surface area contributed by atoms with E-state index in [0.29, 0.717) is 13.0 Å². The van der Waals surface area contributed by atoms with Crippen LogP contribution in [0.2, 0.25) is 5.02 Å². The van der Waals surface area contributed by atoms with Crippen LogP contribution in [-0.2, 0) is 0 Å². The Labute approximate surface area is 275 Å². The number of fused-ring (bicyclic) bond motifs is 2. The second-order valence-corrected chi connectivity index (χ2v) is 13.9. The van der Waals surface area contributed by atoms with Gasteiger partial charge in [-0.2, -0.15) is 9.97 Å². The Balaban J connectivity index is 1.46. The molecule has 5 N–H and O–H groups in total. The molecule has 0 saturated carbocycles. The molecular weight excluding hydrogens is 667 g/mol. The number of ether oxygens (including phenoxy) is 2. The SMILES string of the molecule is C[C@@H](O)[C@H]1COc2c(Cl)c(-c3ccc(F)c4sc(N)c(N)c34)c(F)c3nc(OC[C@@]45CCCN4C[C@H](F)C5)nc(c23)N1CCC(F)F. The van der Waals surface area contributed by atoms with Gasteiger partial charge in [0.1, 0.15) is 41.5 Å². The molecule has 2 aromatic heterocycles. The first-order valence-corrected chi connectivity index (χ1v) is 16.5. The molecule has 0 aliphatic carbocycles. The molecule has 2 aromatic carbocycles. The number of nitrogens with zero attached hydrogens (tertiary/aromatic N) is 4. The molecule has 252 valence electrons. The number of anilines is 3. The third-order valence-electron chi connectivity index (χ3n) is 9.52. The van der Waals surface area contributed by atoms with E-state index >= 15 is 4.39 Å². The van der Waals surface area contributed by atoms with Gasteiger partial charge in [0.05, 0.1) is 38.5 Å². The monoisotopic (exact) mass is 698 g/mol. The summed E-state index contributed by atoms with van der Waals surface area (Å²) < 4.78 is 85.8. The summed E-state index contributed by atoms with van der Waals surface area (Å²) in [5.41, 5.74) is 11.4. The zero-order chi connectivity index (χ0) is 33.4. The number of benzene rings is 2. The summed E-state index contributed by atoms with van der Waals surface area (Å²) in [6.07, 6.45) is -3.58. The summed E-state index contributed by atoms with van der Waals surface area (Å²) in [6.45, 7) is 1.99. The second kappa shape index (κ2) is 11.9. The second-order valence-electron chi connectivity index (χ2n) is 12.4.